The normalized spacial score (nSPS) is 10.4. The second-order valence-corrected chi connectivity index (χ2v) is 6.83. The molecule has 2 aromatic heterocycles. The van der Waals surface area contributed by atoms with Crippen molar-refractivity contribution in [2.45, 2.75) is 20.4 Å². The zero-order chi connectivity index (χ0) is 15.4. The molecule has 2 rings (SSSR count). The molecule has 0 spiro atoms. The number of nitrogens with zero attached hydrogens (tertiary/aromatic N) is 1. The molecule has 0 saturated carbocycles. The van der Waals surface area contributed by atoms with Gasteiger partial charge in [-0.15, -0.1) is 11.3 Å². The maximum absolute atomic E-state index is 11.8. The maximum Gasteiger partial charge on any atom is 0.358 e. The van der Waals surface area contributed by atoms with Gasteiger partial charge in [-0.25, -0.2) is 9.78 Å². The number of halogens is 1. The summed E-state index contributed by atoms with van der Waals surface area (Å²) in [7, 11) is 0. The van der Waals surface area contributed by atoms with E-state index in [-0.39, 0.29) is 18.1 Å². The summed E-state index contributed by atoms with van der Waals surface area (Å²) in [6.45, 7) is 3.88. The number of esters is 1. The van der Waals surface area contributed by atoms with Crippen LogP contribution in [0.2, 0.25) is 4.34 Å². The molecule has 112 valence electrons. The zero-order valence-corrected chi connectivity index (χ0v) is 13.8. The number of thiazole rings is 1. The Morgan fingerprint density at radius 3 is 2.71 bits per heavy atom. The number of hydrogen-bond donors (Lipinski definition) is 1. The van der Waals surface area contributed by atoms with Crippen molar-refractivity contribution in [1.82, 2.24) is 4.98 Å². The van der Waals surface area contributed by atoms with Crippen LogP contribution in [0.1, 0.15) is 38.9 Å². The van der Waals surface area contributed by atoms with Crippen molar-refractivity contribution in [1.29, 1.82) is 0 Å². The van der Waals surface area contributed by atoms with Crippen LogP contribution in [0.4, 0.5) is 5.13 Å². The Labute approximate surface area is 134 Å². The Morgan fingerprint density at radius 2 is 2.14 bits per heavy atom. The van der Waals surface area contributed by atoms with E-state index in [1.54, 1.807) is 6.92 Å². The Bertz CT molecular complexity index is 666. The van der Waals surface area contributed by atoms with E-state index < -0.39 is 5.97 Å². The number of hydrogen-bond acceptors (Lipinski definition) is 7. The van der Waals surface area contributed by atoms with Gasteiger partial charge in [0.2, 0.25) is 0 Å². The van der Waals surface area contributed by atoms with Gasteiger partial charge in [0.1, 0.15) is 4.88 Å². The lowest BCUT2D eigenvalue weighted by molar-refractivity contribution is 0.0517. The van der Waals surface area contributed by atoms with E-state index in [1.165, 1.54) is 18.3 Å². The van der Waals surface area contributed by atoms with Gasteiger partial charge in [-0.05, 0) is 19.1 Å². The van der Waals surface area contributed by atoms with Crippen molar-refractivity contribution in [3.05, 3.63) is 31.9 Å². The molecule has 0 aliphatic rings. The third kappa shape index (κ3) is 4.03. The maximum atomic E-state index is 11.8. The first-order valence-corrected chi connectivity index (χ1v) is 8.19. The summed E-state index contributed by atoms with van der Waals surface area (Å²) in [5, 5.41) is 3.59. The van der Waals surface area contributed by atoms with E-state index in [2.05, 4.69) is 10.3 Å². The minimum absolute atomic E-state index is 0.0704. The van der Waals surface area contributed by atoms with Crippen LogP contribution in [0.3, 0.4) is 0 Å². The molecule has 1 N–H and O–H groups in total. The van der Waals surface area contributed by atoms with Crippen molar-refractivity contribution < 1.29 is 14.3 Å². The van der Waals surface area contributed by atoms with E-state index in [1.807, 2.05) is 12.1 Å². The third-order valence-electron chi connectivity index (χ3n) is 2.46. The van der Waals surface area contributed by atoms with Crippen molar-refractivity contribution >= 4 is 51.2 Å². The van der Waals surface area contributed by atoms with Gasteiger partial charge in [0.25, 0.3) is 0 Å². The van der Waals surface area contributed by atoms with E-state index in [0.29, 0.717) is 20.9 Å². The summed E-state index contributed by atoms with van der Waals surface area (Å²) in [4.78, 5) is 28.9. The molecular formula is C13H13ClN2O3S2. The van der Waals surface area contributed by atoms with Gasteiger partial charge in [0, 0.05) is 11.8 Å². The number of Topliss-reactive ketones (excluding diaryl/α,β-unsaturated/α-hetero) is 1. The monoisotopic (exact) mass is 344 g/mol. The summed E-state index contributed by atoms with van der Waals surface area (Å²) >= 11 is 8.47. The fourth-order valence-corrected chi connectivity index (χ4v) is 3.45. The molecular weight excluding hydrogens is 332 g/mol. The largest absolute Gasteiger partial charge is 0.461 e. The highest BCUT2D eigenvalue weighted by Gasteiger charge is 2.22. The predicted octanol–water partition coefficient (Wildman–Crippen LogP) is 3.85. The number of carbonyl (C=O) groups excluding carboxylic acids is 2. The summed E-state index contributed by atoms with van der Waals surface area (Å²) in [5.41, 5.74) is 0.0704. The molecule has 8 heteroatoms. The van der Waals surface area contributed by atoms with Crippen molar-refractivity contribution in [3.8, 4) is 0 Å². The summed E-state index contributed by atoms with van der Waals surface area (Å²) in [6, 6.07) is 3.72. The molecule has 0 amide bonds. The topological polar surface area (TPSA) is 68.3 Å². The SMILES string of the molecule is CCOC(=O)c1nc(NCc2ccc(Cl)s2)sc1C(C)=O. The number of aromatic nitrogens is 1. The van der Waals surface area contributed by atoms with E-state index in [9.17, 15) is 9.59 Å². The van der Waals surface area contributed by atoms with E-state index in [0.717, 1.165) is 16.2 Å². The molecule has 0 radical (unpaired) electrons. The number of rotatable bonds is 6. The fraction of sp³-hybridized carbons (Fsp3) is 0.308. The third-order valence-corrected chi connectivity index (χ3v) is 4.80. The minimum atomic E-state index is -0.578. The predicted molar refractivity (Wildman–Crippen MR) is 84.7 cm³/mol. The standard InChI is InChI=1S/C13H13ClN2O3S2/c1-3-19-12(18)10-11(7(2)17)21-13(16-10)15-6-8-4-5-9(14)20-8/h4-5H,3,6H2,1-2H3,(H,15,16). The van der Waals surface area contributed by atoms with Gasteiger partial charge in [0.15, 0.2) is 16.6 Å². The van der Waals surface area contributed by atoms with Crippen LogP contribution in [-0.4, -0.2) is 23.3 Å². The number of carbonyl (C=O) groups is 2. The lowest BCUT2D eigenvalue weighted by Crippen LogP contribution is -2.09. The molecule has 0 saturated heterocycles. The highest BCUT2D eigenvalue weighted by atomic mass is 35.5. The molecule has 5 nitrogen and oxygen atoms in total. The highest BCUT2D eigenvalue weighted by Crippen LogP contribution is 2.26. The average Bonchev–Trinajstić information content (AvgIpc) is 3.03. The Balaban J connectivity index is 2.15. The molecule has 0 aliphatic carbocycles. The van der Waals surface area contributed by atoms with Gasteiger partial charge < -0.3 is 10.1 Å². The Hall–Kier alpha value is -1.44. The van der Waals surface area contributed by atoms with Crippen molar-refractivity contribution in [2.24, 2.45) is 0 Å². The van der Waals surface area contributed by atoms with Crippen LogP contribution in [0.15, 0.2) is 12.1 Å². The molecule has 0 aliphatic heterocycles. The van der Waals surface area contributed by atoms with Gasteiger partial charge in [0.05, 0.1) is 17.5 Å². The fourth-order valence-electron chi connectivity index (χ4n) is 1.58. The van der Waals surface area contributed by atoms with Crippen LogP contribution in [0, 0.1) is 0 Å². The first-order valence-electron chi connectivity index (χ1n) is 6.18. The number of ketones is 1. The molecule has 0 atom stereocenters. The lowest BCUT2D eigenvalue weighted by Gasteiger charge is -1.99. The molecule has 0 fully saturated rings. The summed E-state index contributed by atoms with van der Waals surface area (Å²) in [6.07, 6.45) is 0. The van der Waals surface area contributed by atoms with Gasteiger partial charge in [-0.1, -0.05) is 22.9 Å². The Kier molecular flexibility index (Phi) is 5.33. The number of thiophene rings is 1. The van der Waals surface area contributed by atoms with Crippen molar-refractivity contribution in [3.63, 3.8) is 0 Å². The zero-order valence-electron chi connectivity index (χ0n) is 11.4. The van der Waals surface area contributed by atoms with Crippen LogP contribution in [0.25, 0.3) is 0 Å². The molecule has 21 heavy (non-hydrogen) atoms. The van der Waals surface area contributed by atoms with Crippen molar-refractivity contribution in [2.75, 3.05) is 11.9 Å². The second-order valence-electron chi connectivity index (χ2n) is 4.03. The lowest BCUT2D eigenvalue weighted by atomic mass is 10.3. The van der Waals surface area contributed by atoms with Gasteiger partial charge in [-0.3, -0.25) is 4.79 Å². The molecule has 2 heterocycles. The molecule has 0 bridgehead atoms. The van der Waals surface area contributed by atoms with E-state index in [4.69, 9.17) is 16.3 Å². The minimum Gasteiger partial charge on any atom is -0.461 e. The van der Waals surface area contributed by atoms with Gasteiger partial charge in [-0.2, -0.15) is 0 Å². The van der Waals surface area contributed by atoms with Gasteiger partial charge >= 0.3 is 5.97 Å². The Morgan fingerprint density at radius 1 is 1.38 bits per heavy atom. The first kappa shape index (κ1) is 15.9. The quantitative estimate of drug-likeness (QED) is 0.636. The van der Waals surface area contributed by atoms with Crippen LogP contribution in [0.5, 0.6) is 0 Å². The molecule has 0 aromatic carbocycles. The first-order chi connectivity index (χ1) is 10.0. The number of ether oxygens (including phenoxy) is 1. The van der Waals surface area contributed by atoms with E-state index >= 15 is 0 Å². The molecule has 2 aromatic rings. The van der Waals surface area contributed by atoms with Crippen LogP contribution >= 0.6 is 34.3 Å². The molecule has 0 unspecified atom stereocenters. The van der Waals surface area contributed by atoms with Crippen LogP contribution < -0.4 is 5.32 Å². The smallest absolute Gasteiger partial charge is 0.358 e. The summed E-state index contributed by atoms with van der Waals surface area (Å²) < 4.78 is 5.62. The summed E-state index contributed by atoms with van der Waals surface area (Å²) in [5.74, 6) is -0.783. The van der Waals surface area contributed by atoms with Crippen LogP contribution in [-0.2, 0) is 11.3 Å². The average molecular weight is 345 g/mol. The number of anilines is 1. The second kappa shape index (κ2) is 7.02. The number of nitrogens with one attached hydrogen (secondary N) is 1. The highest BCUT2D eigenvalue weighted by molar-refractivity contribution is 7.18.